The molecule has 0 aromatic carbocycles. The minimum absolute atomic E-state index is 0.293. The summed E-state index contributed by atoms with van der Waals surface area (Å²) in [6.45, 7) is 2.07. The third-order valence-corrected chi connectivity index (χ3v) is 12.5. The molecule has 1 rings (SSSR count). The van der Waals surface area contributed by atoms with Gasteiger partial charge in [-0.1, -0.05) is 0 Å². The number of nitrogens with two attached hydrogens (primary N) is 1. The summed E-state index contributed by atoms with van der Waals surface area (Å²) < 4.78 is 1.66. The van der Waals surface area contributed by atoms with Gasteiger partial charge in [0.2, 0.25) is 0 Å². The van der Waals surface area contributed by atoms with Crippen molar-refractivity contribution in [2.24, 2.45) is 5.73 Å². The summed E-state index contributed by atoms with van der Waals surface area (Å²) in [5.74, 6) is 0. The van der Waals surface area contributed by atoms with Crippen LogP contribution in [-0.2, 0) is 6.42 Å². The van der Waals surface area contributed by atoms with Crippen molar-refractivity contribution in [2.45, 2.75) is 34.2 Å². The zero-order valence-corrected chi connectivity index (χ0v) is 12.6. The Morgan fingerprint density at radius 1 is 1.38 bits per heavy atom. The first-order valence-electron chi connectivity index (χ1n) is 4.74. The van der Waals surface area contributed by atoms with Crippen molar-refractivity contribution in [3.8, 4) is 0 Å². The monoisotopic (exact) mass is 305 g/mol. The van der Waals surface area contributed by atoms with Gasteiger partial charge in [0.25, 0.3) is 0 Å². The van der Waals surface area contributed by atoms with Crippen LogP contribution < -0.4 is 8.63 Å². The number of hydrogen-bond donors (Lipinski definition) is 1. The van der Waals surface area contributed by atoms with Gasteiger partial charge in [0, 0.05) is 0 Å². The molecular formula is C10H19NSSn. The van der Waals surface area contributed by atoms with Crippen LogP contribution in [0.5, 0.6) is 0 Å². The van der Waals surface area contributed by atoms with Gasteiger partial charge in [-0.2, -0.15) is 0 Å². The van der Waals surface area contributed by atoms with E-state index in [1.54, 1.807) is 2.89 Å². The van der Waals surface area contributed by atoms with Crippen molar-refractivity contribution in [2.75, 3.05) is 0 Å². The summed E-state index contributed by atoms with van der Waals surface area (Å²) in [5, 5.41) is 0. The molecule has 1 unspecified atom stereocenters. The van der Waals surface area contributed by atoms with Crippen LogP contribution in [0.3, 0.4) is 0 Å². The fraction of sp³-hybridized carbons (Fsp3) is 0.600. The first-order valence-corrected chi connectivity index (χ1v) is 15.5. The molecule has 0 bridgehead atoms. The maximum absolute atomic E-state index is 5.77. The zero-order valence-electron chi connectivity index (χ0n) is 8.92. The van der Waals surface area contributed by atoms with E-state index in [4.69, 9.17) is 5.73 Å². The Labute approximate surface area is 89.2 Å². The molecule has 0 fully saturated rings. The van der Waals surface area contributed by atoms with E-state index in [0.717, 1.165) is 6.42 Å². The summed E-state index contributed by atoms with van der Waals surface area (Å²) in [7, 11) is 0. The first kappa shape index (κ1) is 11.5. The molecule has 1 nitrogen and oxygen atoms in total. The number of hydrogen-bond acceptors (Lipinski definition) is 2. The van der Waals surface area contributed by atoms with Crippen LogP contribution in [0, 0.1) is 0 Å². The average molecular weight is 304 g/mol. The molecule has 0 aliphatic heterocycles. The summed E-state index contributed by atoms with van der Waals surface area (Å²) in [6.07, 6.45) is 1.03. The van der Waals surface area contributed by atoms with Crippen LogP contribution in [0.4, 0.5) is 0 Å². The summed E-state index contributed by atoms with van der Waals surface area (Å²) in [4.78, 5) is 8.82. The molecule has 0 saturated carbocycles. The maximum atomic E-state index is 5.77. The Hall–Kier alpha value is 0.459. The molecule has 0 radical (unpaired) electrons. The van der Waals surface area contributed by atoms with E-state index in [9.17, 15) is 0 Å². The first-order chi connectivity index (χ1) is 5.89. The molecule has 1 aromatic rings. The van der Waals surface area contributed by atoms with Crippen LogP contribution >= 0.6 is 11.3 Å². The normalized spacial score (nSPS) is 14.5. The molecule has 0 amide bonds. The SMILES string of the molecule is CC(N)Cc1cc[c]([Sn]([CH3])([CH3])[CH3])s1. The van der Waals surface area contributed by atoms with Gasteiger partial charge in [-0.05, 0) is 0 Å². The van der Waals surface area contributed by atoms with E-state index < -0.39 is 18.4 Å². The molecule has 0 aliphatic carbocycles. The van der Waals surface area contributed by atoms with E-state index in [0.29, 0.717) is 6.04 Å². The molecule has 13 heavy (non-hydrogen) atoms. The summed E-state index contributed by atoms with van der Waals surface area (Å²) in [6, 6.07) is 4.87. The fourth-order valence-corrected chi connectivity index (χ4v) is 7.82. The number of rotatable bonds is 3. The molecule has 0 saturated heterocycles. The van der Waals surface area contributed by atoms with Crippen LogP contribution in [-0.4, -0.2) is 24.4 Å². The van der Waals surface area contributed by atoms with Gasteiger partial charge in [-0.3, -0.25) is 0 Å². The molecule has 1 heterocycles. The predicted octanol–water partition coefficient (Wildman–Crippen LogP) is 2.18. The number of thiophene rings is 1. The van der Waals surface area contributed by atoms with Gasteiger partial charge >= 0.3 is 89.6 Å². The minimum atomic E-state index is -1.78. The second kappa shape index (κ2) is 4.32. The molecule has 0 aliphatic rings. The van der Waals surface area contributed by atoms with Gasteiger partial charge in [0.05, 0.1) is 0 Å². The van der Waals surface area contributed by atoms with E-state index in [-0.39, 0.29) is 0 Å². The van der Waals surface area contributed by atoms with Gasteiger partial charge in [0.1, 0.15) is 0 Å². The van der Waals surface area contributed by atoms with Gasteiger partial charge in [-0.15, -0.1) is 0 Å². The van der Waals surface area contributed by atoms with Crippen molar-refractivity contribution in [1.29, 1.82) is 0 Å². The third kappa shape index (κ3) is 3.60. The standard InChI is InChI=1S/C7H10NS.3CH3.Sn/c1-6(8)5-7-3-2-4-9-7;;;;/h2-3,6H,5,8H2,1H3;3*1H3;. The Kier molecular flexibility index (Phi) is 3.83. The van der Waals surface area contributed by atoms with Crippen molar-refractivity contribution in [3.63, 3.8) is 0 Å². The summed E-state index contributed by atoms with van der Waals surface area (Å²) >= 11 is 0.197. The van der Waals surface area contributed by atoms with Crippen LogP contribution in [0.25, 0.3) is 0 Å². The fourth-order valence-electron chi connectivity index (χ4n) is 1.21. The van der Waals surface area contributed by atoms with Crippen LogP contribution in [0.1, 0.15) is 11.8 Å². The molecular weight excluding hydrogens is 285 g/mol. The molecule has 3 heteroatoms. The molecule has 2 N–H and O–H groups in total. The van der Waals surface area contributed by atoms with E-state index in [1.807, 2.05) is 11.3 Å². The van der Waals surface area contributed by atoms with Crippen LogP contribution in [0.15, 0.2) is 12.1 Å². The van der Waals surface area contributed by atoms with Crippen LogP contribution in [0.2, 0.25) is 14.8 Å². The molecule has 1 atom stereocenters. The van der Waals surface area contributed by atoms with Gasteiger partial charge < -0.3 is 0 Å². The van der Waals surface area contributed by atoms with Gasteiger partial charge in [0.15, 0.2) is 0 Å². The summed E-state index contributed by atoms with van der Waals surface area (Å²) in [5.41, 5.74) is 5.77. The second-order valence-electron chi connectivity index (χ2n) is 4.70. The van der Waals surface area contributed by atoms with Crippen molar-refractivity contribution in [3.05, 3.63) is 17.0 Å². The average Bonchev–Trinajstić information content (AvgIpc) is 2.32. The van der Waals surface area contributed by atoms with Crippen molar-refractivity contribution >= 4 is 32.6 Å². The van der Waals surface area contributed by atoms with E-state index in [1.165, 1.54) is 4.88 Å². The van der Waals surface area contributed by atoms with E-state index in [2.05, 4.69) is 33.9 Å². The topological polar surface area (TPSA) is 26.0 Å². The third-order valence-electron chi connectivity index (χ3n) is 1.92. The molecule has 1 aromatic heterocycles. The molecule has 74 valence electrons. The Balaban J connectivity index is 2.75. The van der Waals surface area contributed by atoms with Gasteiger partial charge in [-0.25, -0.2) is 0 Å². The Bertz CT molecular complexity index is 273. The zero-order chi connectivity index (χ0) is 10.1. The van der Waals surface area contributed by atoms with Crippen molar-refractivity contribution in [1.82, 2.24) is 0 Å². The van der Waals surface area contributed by atoms with E-state index >= 15 is 0 Å². The Morgan fingerprint density at radius 3 is 2.38 bits per heavy atom. The van der Waals surface area contributed by atoms with Crippen molar-refractivity contribution < 1.29 is 0 Å². The molecule has 0 spiro atoms. The Morgan fingerprint density at radius 2 is 2.00 bits per heavy atom. The second-order valence-corrected chi connectivity index (χ2v) is 21.3. The predicted molar refractivity (Wildman–Crippen MR) is 64.7 cm³/mol. The quantitative estimate of drug-likeness (QED) is 0.851.